The van der Waals surface area contributed by atoms with Crippen molar-refractivity contribution in [3.8, 4) is 0 Å². The molecule has 6 heteroatoms. The molecule has 0 saturated heterocycles. The number of carbonyl (C=O) groups is 2. The molecule has 0 aliphatic heterocycles. The fourth-order valence-corrected chi connectivity index (χ4v) is 2.40. The lowest BCUT2D eigenvalue weighted by Crippen LogP contribution is -2.44. The van der Waals surface area contributed by atoms with E-state index in [1.165, 1.54) is 23.9 Å². The van der Waals surface area contributed by atoms with E-state index in [0.717, 1.165) is 4.90 Å². The summed E-state index contributed by atoms with van der Waals surface area (Å²) in [5.74, 6) is -1.27. The zero-order valence-corrected chi connectivity index (χ0v) is 12.2. The first-order chi connectivity index (χ1) is 9.40. The second kappa shape index (κ2) is 7.89. The molecule has 0 radical (unpaired) electrons. The lowest BCUT2D eigenvalue weighted by atomic mass is 10.0. The zero-order valence-electron chi connectivity index (χ0n) is 11.4. The summed E-state index contributed by atoms with van der Waals surface area (Å²) in [6.45, 7) is 3.48. The molecule has 110 valence electrons. The smallest absolute Gasteiger partial charge is 0.326 e. The van der Waals surface area contributed by atoms with Gasteiger partial charge in [-0.05, 0) is 30.2 Å². The molecule has 1 rings (SSSR count). The van der Waals surface area contributed by atoms with Crippen LogP contribution in [0.25, 0.3) is 0 Å². The number of aliphatic carboxylic acids is 1. The van der Waals surface area contributed by atoms with Crippen molar-refractivity contribution in [2.75, 3.05) is 5.75 Å². The number of carbonyl (C=O) groups excluding carboxylic acids is 1. The molecule has 0 aliphatic carbocycles. The van der Waals surface area contributed by atoms with Gasteiger partial charge in [0.05, 0.1) is 0 Å². The number of nitrogens with one attached hydrogen (secondary N) is 1. The molecule has 0 heterocycles. The predicted molar refractivity (Wildman–Crippen MR) is 76.1 cm³/mol. The van der Waals surface area contributed by atoms with Crippen LogP contribution < -0.4 is 5.32 Å². The molecule has 1 atom stereocenters. The summed E-state index contributed by atoms with van der Waals surface area (Å²) in [5.41, 5.74) is 0. The van der Waals surface area contributed by atoms with Crippen molar-refractivity contribution >= 4 is 23.6 Å². The standard InChI is InChI=1S/C14H18FNO3S/c1-9(2)13(14(18)19)16-12(17)7-8-20-11-5-3-10(15)4-6-11/h3-6,9,13H,7-8H2,1-2H3,(H,16,17)(H,18,19). The van der Waals surface area contributed by atoms with Gasteiger partial charge >= 0.3 is 5.97 Å². The molecule has 1 aromatic rings. The summed E-state index contributed by atoms with van der Waals surface area (Å²) >= 11 is 1.43. The van der Waals surface area contributed by atoms with Crippen molar-refractivity contribution in [3.63, 3.8) is 0 Å². The summed E-state index contributed by atoms with van der Waals surface area (Å²) in [6, 6.07) is 5.15. The summed E-state index contributed by atoms with van der Waals surface area (Å²) < 4.78 is 12.7. The second-order valence-corrected chi connectivity index (χ2v) is 5.85. The zero-order chi connectivity index (χ0) is 15.1. The molecule has 0 aromatic heterocycles. The SMILES string of the molecule is CC(C)C(NC(=O)CCSc1ccc(F)cc1)C(=O)O. The molecule has 1 aromatic carbocycles. The van der Waals surface area contributed by atoms with Gasteiger partial charge in [-0.3, -0.25) is 4.79 Å². The monoisotopic (exact) mass is 299 g/mol. The molecule has 2 N–H and O–H groups in total. The van der Waals surface area contributed by atoms with E-state index in [9.17, 15) is 14.0 Å². The van der Waals surface area contributed by atoms with Crippen LogP contribution in [-0.4, -0.2) is 28.8 Å². The maximum atomic E-state index is 12.7. The average molecular weight is 299 g/mol. The van der Waals surface area contributed by atoms with E-state index in [2.05, 4.69) is 5.32 Å². The summed E-state index contributed by atoms with van der Waals surface area (Å²) in [7, 11) is 0. The van der Waals surface area contributed by atoms with Crippen molar-refractivity contribution in [2.24, 2.45) is 5.92 Å². The number of carboxylic acid groups (broad SMARTS) is 1. The fraction of sp³-hybridized carbons (Fsp3) is 0.429. The first kappa shape index (κ1) is 16.5. The highest BCUT2D eigenvalue weighted by atomic mass is 32.2. The van der Waals surface area contributed by atoms with Crippen LogP contribution in [0.1, 0.15) is 20.3 Å². The van der Waals surface area contributed by atoms with Crippen LogP contribution in [0, 0.1) is 11.7 Å². The Balaban J connectivity index is 2.36. The Morgan fingerprint density at radius 1 is 1.30 bits per heavy atom. The number of hydrogen-bond acceptors (Lipinski definition) is 3. The predicted octanol–water partition coefficient (Wildman–Crippen LogP) is 2.53. The molecule has 4 nitrogen and oxygen atoms in total. The van der Waals surface area contributed by atoms with Gasteiger partial charge in [0.25, 0.3) is 0 Å². The molecule has 20 heavy (non-hydrogen) atoms. The molecule has 0 saturated carbocycles. The number of thioether (sulfide) groups is 1. The minimum absolute atomic E-state index is 0.166. The van der Waals surface area contributed by atoms with Gasteiger partial charge in [0, 0.05) is 17.1 Å². The van der Waals surface area contributed by atoms with Gasteiger partial charge in [0.1, 0.15) is 11.9 Å². The van der Waals surface area contributed by atoms with Gasteiger partial charge in [-0.1, -0.05) is 13.8 Å². The molecule has 0 bridgehead atoms. The van der Waals surface area contributed by atoms with Gasteiger partial charge in [-0.2, -0.15) is 0 Å². The number of carboxylic acids is 1. The lowest BCUT2D eigenvalue weighted by molar-refractivity contribution is -0.143. The second-order valence-electron chi connectivity index (χ2n) is 4.68. The van der Waals surface area contributed by atoms with Crippen molar-refractivity contribution in [2.45, 2.75) is 31.2 Å². The van der Waals surface area contributed by atoms with Crippen LogP contribution in [0.3, 0.4) is 0 Å². The van der Waals surface area contributed by atoms with Crippen LogP contribution >= 0.6 is 11.8 Å². The third-order valence-electron chi connectivity index (χ3n) is 2.66. The molecule has 0 spiro atoms. The van der Waals surface area contributed by atoms with Crippen LogP contribution in [0.4, 0.5) is 4.39 Å². The number of halogens is 1. The van der Waals surface area contributed by atoms with Gasteiger partial charge in [-0.15, -0.1) is 11.8 Å². The number of amides is 1. The van der Waals surface area contributed by atoms with Crippen molar-refractivity contribution in [1.82, 2.24) is 5.32 Å². The Labute approximate surface area is 121 Å². The summed E-state index contributed by atoms with van der Waals surface area (Å²) in [4.78, 5) is 23.5. The third-order valence-corrected chi connectivity index (χ3v) is 3.67. The molecule has 1 unspecified atom stereocenters. The van der Waals surface area contributed by atoms with E-state index < -0.39 is 12.0 Å². The Morgan fingerprint density at radius 3 is 2.40 bits per heavy atom. The number of rotatable bonds is 7. The van der Waals surface area contributed by atoms with Crippen LogP contribution in [-0.2, 0) is 9.59 Å². The van der Waals surface area contributed by atoms with Gasteiger partial charge in [0.15, 0.2) is 0 Å². The highest BCUT2D eigenvalue weighted by Crippen LogP contribution is 2.18. The van der Waals surface area contributed by atoms with E-state index >= 15 is 0 Å². The van der Waals surface area contributed by atoms with Gasteiger partial charge in [-0.25, -0.2) is 9.18 Å². The number of benzene rings is 1. The Bertz CT molecular complexity index is 462. The summed E-state index contributed by atoms with van der Waals surface area (Å²) in [6.07, 6.45) is 0.221. The quantitative estimate of drug-likeness (QED) is 0.759. The van der Waals surface area contributed by atoms with Crippen LogP contribution in [0.15, 0.2) is 29.2 Å². The Kier molecular flexibility index (Phi) is 6.51. The highest BCUT2D eigenvalue weighted by molar-refractivity contribution is 7.99. The maximum absolute atomic E-state index is 12.7. The normalized spacial score (nSPS) is 12.2. The van der Waals surface area contributed by atoms with Crippen molar-refractivity contribution in [1.29, 1.82) is 0 Å². The fourth-order valence-electron chi connectivity index (χ4n) is 1.55. The molecular formula is C14H18FNO3S. The van der Waals surface area contributed by atoms with Crippen molar-refractivity contribution in [3.05, 3.63) is 30.1 Å². The van der Waals surface area contributed by atoms with E-state index in [1.54, 1.807) is 26.0 Å². The first-order valence-corrected chi connectivity index (χ1v) is 7.29. The third kappa shape index (κ3) is 5.61. The van der Waals surface area contributed by atoms with E-state index in [0.29, 0.717) is 5.75 Å². The highest BCUT2D eigenvalue weighted by Gasteiger charge is 2.22. The first-order valence-electron chi connectivity index (χ1n) is 6.30. The van der Waals surface area contributed by atoms with Crippen LogP contribution in [0.5, 0.6) is 0 Å². The maximum Gasteiger partial charge on any atom is 0.326 e. The Hall–Kier alpha value is -1.56. The Morgan fingerprint density at radius 2 is 1.90 bits per heavy atom. The minimum Gasteiger partial charge on any atom is -0.480 e. The number of hydrogen-bond donors (Lipinski definition) is 2. The van der Waals surface area contributed by atoms with E-state index in [-0.39, 0.29) is 24.1 Å². The van der Waals surface area contributed by atoms with E-state index in [4.69, 9.17) is 5.11 Å². The minimum atomic E-state index is -1.03. The van der Waals surface area contributed by atoms with Gasteiger partial charge < -0.3 is 10.4 Å². The molecule has 1 amide bonds. The average Bonchev–Trinajstić information content (AvgIpc) is 2.37. The molecular weight excluding hydrogens is 281 g/mol. The molecule has 0 fully saturated rings. The largest absolute Gasteiger partial charge is 0.480 e. The molecule has 0 aliphatic rings. The van der Waals surface area contributed by atoms with Crippen LogP contribution in [0.2, 0.25) is 0 Å². The lowest BCUT2D eigenvalue weighted by Gasteiger charge is -2.17. The summed E-state index contributed by atoms with van der Waals surface area (Å²) in [5, 5.41) is 11.5. The van der Waals surface area contributed by atoms with E-state index in [1.807, 2.05) is 0 Å². The van der Waals surface area contributed by atoms with Crippen molar-refractivity contribution < 1.29 is 19.1 Å². The topological polar surface area (TPSA) is 66.4 Å². The van der Waals surface area contributed by atoms with Gasteiger partial charge in [0.2, 0.25) is 5.91 Å².